The van der Waals surface area contributed by atoms with Crippen LogP contribution in [-0.2, 0) is 6.54 Å². The molecule has 0 atom stereocenters. The second kappa shape index (κ2) is 6.28. The molecule has 20 heavy (non-hydrogen) atoms. The fourth-order valence-corrected chi connectivity index (χ4v) is 1.98. The van der Waals surface area contributed by atoms with Gasteiger partial charge in [0.2, 0.25) is 0 Å². The molecule has 0 aliphatic heterocycles. The molecule has 2 aromatic carbocycles. The van der Waals surface area contributed by atoms with Crippen LogP contribution in [0.1, 0.15) is 11.1 Å². The summed E-state index contributed by atoms with van der Waals surface area (Å²) in [5.74, 6) is 0.662. The summed E-state index contributed by atoms with van der Waals surface area (Å²) in [6.07, 6.45) is 0. The van der Waals surface area contributed by atoms with Crippen LogP contribution < -0.4 is 14.8 Å². The molecule has 4 heteroatoms. The monoisotopic (exact) mass is 275 g/mol. The molecule has 106 valence electrons. The van der Waals surface area contributed by atoms with Gasteiger partial charge in [-0.2, -0.15) is 0 Å². The number of halogens is 1. The zero-order valence-corrected chi connectivity index (χ0v) is 11.9. The van der Waals surface area contributed by atoms with E-state index in [-0.39, 0.29) is 11.6 Å². The third-order valence-electron chi connectivity index (χ3n) is 3.05. The number of rotatable bonds is 5. The smallest absolute Gasteiger partial charge is 0.165 e. The van der Waals surface area contributed by atoms with Crippen LogP contribution in [0.15, 0.2) is 36.4 Å². The molecular weight excluding hydrogens is 257 g/mol. The normalized spacial score (nSPS) is 10.2. The first-order valence-electron chi connectivity index (χ1n) is 6.35. The van der Waals surface area contributed by atoms with Crippen LogP contribution in [0.25, 0.3) is 0 Å². The van der Waals surface area contributed by atoms with Crippen molar-refractivity contribution in [3.63, 3.8) is 0 Å². The molecule has 2 rings (SSSR count). The lowest BCUT2D eigenvalue weighted by Gasteiger charge is -2.12. The lowest BCUT2D eigenvalue weighted by Crippen LogP contribution is -2.02. The molecule has 0 radical (unpaired) electrons. The summed E-state index contributed by atoms with van der Waals surface area (Å²) in [6.45, 7) is 2.53. The van der Waals surface area contributed by atoms with Gasteiger partial charge in [0, 0.05) is 6.54 Å². The van der Waals surface area contributed by atoms with Crippen LogP contribution in [0, 0.1) is 12.7 Å². The minimum absolute atomic E-state index is 0.252. The van der Waals surface area contributed by atoms with E-state index in [0.29, 0.717) is 6.54 Å². The van der Waals surface area contributed by atoms with Gasteiger partial charge in [0.1, 0.15) is 5.75 Å². The molecule has 0 unspecified atom stereocenters. The van der Waals surface area contributed by atoms with E-state index in [4.69, 9.17) is 9.47 Å². The third kappa shape index (κ3) is 3.20. The number of ether oxygens (including phenoxy) is 2. The predicted molar refractivity (Wildman–Crippen MR) is 78.0 cm³/mol. The standard InChI is InChI=1S/C16H18FNO2/c1-11-4-6-16(20-3)14(8-11)18-10-12-5-7-15(19-2)13(17)9-12/h4-9,18H,10H2,1-3H3. The number of benzene rings is 2. The summed E-state index contributed by atoms with van der Waals surface area (Å²) in [6, 6.07) is 10.8. The second-order valence-electron chi connectivity index (χ2n) is 4.53. The Morgan fingerprint density at radius 3 is 2.35 bits per heavy atom. The number of aryl methyl sites for hydroxylation is 1. The van der Waals surface area contributed by atoms with Crippen LogP contribution in [0.2, 0.25) is 0 Å². The molecule has 0 amide bonds. The molecule has 0 heterocycles. The number of methoxy groups -OCH3 is 2. The summed E-state index contributed by atoms with van der Waals surface area (Å²) in [4.78, 5) is 0. The maximum absolute atomic E-state index is 13.6. The van der Waals surface area contributed by atoms with E-state index in [9.17, 15) is 4.39 Å². The first-order chi connectivity index (χ1) is 9.63. The zero-order valence-electron chi connectivity index (χ0n) is 11.9. The minimum atomic E-state index is -0.358. The summed E-state index contributed by atoms with van der Waals surface area (Å²) >= 11 is 0. The molecule has 0 fully saturated rings. The minimum Gasteiger partial charge on any atom is -0.495 e. The first-order valence-corrected chi connectivity index (χ1v) is 6.35. The average Bonchev–Trinajstić information content (AvgIpc) is 2.45. The van der Waals surface area contributed by atoms with Crippen molar-refractivity contribution in [3.05, 3.63) is 53.3 Å². The fourth-order valence-electron chi connectivity index (χ4n) is 1.98. The Morgan fingerprint density at radius 1 is 1.00 bits per heavy atom. The summed E-state index contributed by atoms with van der Waals surface area (Å²) in [5, 5.41) is 3.25. The van der Waals surface area contributed by atoms with E-state index in [1.807, 2.05) is 31.2 Å². The van der Waals surface area contributed by atoms with Gasteiger partial charge in [0.05, 0.1) is 19.9 Å². The molecule has 0 aliphatic carbocycles. The van der Waals surface area contributed by atoms with Crippen molar-refractivity contribution in [2.75, 3.05) is 19.5 Å². The van der Waals surface area contributed by atoms with Gasteiger partial charge >= 0.3 is 0 Å². The number of anilines is 1. The second-order valence-corrected chi connectivity index (χ2v) is 4.53. The van der Waals surface area contributed by atoms with Gasteiger partial charge < -0.3 is 14.8 Å². The fraction of sp³-hybridized carbons (Fsp3) is 0.250. The van der Waals surface area contributed by atoms with Crippen molar-refractivity contribution >= 4 is 5.69 Å². The molecule has 0 bridgehead atoms. The van der Waals surface area contributed by atoms with E-state index >= 15 is 0 Å². The van der Waals surface area contributed by atoms with E-state index in [2.05, 4.69) is 5.32 Å². The molecule has 0 aromatic heterocycles. The maximum Gasteiger partial charge on any atom is 0.165 e. The number of nitrogens with one attached hydrogen (secondary N) is 1. The highest BCUT2D eigenvalue weighted by atomic mass is 19.1. The predicted octanol–water partition coefficient (Wildman–Crippen LogP) is 3.76. The van der Waals surface area contributed by atoms with Crippen LogP contribution in [0.4, 0.5) is 10.1 Å². The molecule has 3 nitrogen and oxygen atoms in total. The van der Waals surface area contributed by atoms with Gasteiger partial charge in [0.15, 0.2) is 11.6 Å². The molecule has 0 saturated carbocycles. The van der Waals surface area contributed by atoms with E-state index < -0.39 is 0 Å². The molecular formula is C16H18FNO2. The van der Waals surface area contributed by atoms with Crippen molar-refractivity contribution in [1.29, 1.82) is 0 Å². The third-order valence-corrected chi connectivity index (χ3v) is 3.05. The summed E-state index contributed by atoms with van der Waals surface area (Å²) in [7, 11) is 3.08. The van der Waals surface area contributed by atoms with Crippen molar-refractivity contribution < 1.29 is 13.9 Å². The van der Waals surface area contributed by atoms with Crippen molar-refractivity contribution in [2.24, 2.45) is 0 Å². The Labute approximate surface area is 118 Å². The number of hydrogen-bond acceptors (Lipinski definition) is 3. The largest absolute Gasteiger partial charge is 0.495 e. The Balaban J connectivity index is 2.12. The number of hydrogen-bond donors (Lipinski definition) is 1. The maximum atomic E-state index is 13.6. The zero-order chi connectivity index (χ0) is 14.5. The first kappa shape index (κ1) is 14.2. The Morgan fingerprint density at radius 2 is 1.70 bits per heavy atom. The highest BCUT2D eigenvalue weighted by molar-refractivity contribution is 5.58. The van der Waals surface area contributed by atoms with Gasteiger partial charge in [-0.15, -0.1) is 0 Å². The molecule has 0 aliphatic rings. The topological polar surface area (TPSA) is 30.5 Å². The quantitative estimate of drug-likeness (QED) is 0.901. The van der Waals surface area contributed by atoms with Crippen LogP contribution in [0.5, 0.6) is 11.5 Å². The lowest BCUT2D eigenvalue weighted by molar-refractivity contribution is 0.386. The van der Waals surface area contributed by atoms with Crippen molar-refractivity contribution in [1.82, 2.24) is 0 Å². The van der Waals surface area contributed by atoms with Gasteiger partial charge in [0.25, 0.3) is 0 Å². The van der Waals surface area contributed by atoms with Crippen LogP contribution in [-0.4, -0.2) is 14.2 Å². The Hall–Kier alpha value is -2.23. The van der Waals surface area contributed by atoms with Crippen LogP contribution >= 0.6 is 0 Å². The van der Waals surface area contributed by atoms with Gasteiger partial charge in [-0.1, -0.05) is 12.1 Å². The average molecular weight is 275 g/mol. The summed E-state index contributed by atoms with van der Waals surface area (Å²) in [5.41, 5.74) is 2.87. The molecule has 0 saturated heterocycles. The van der Waals surface area contributed by atoms with Gasteiger partial charge in [-0.05, 0) is 42.3 Å². The molecule has 1 N–H and O–H groups in total. The van der Waals surface area contributed by atoms with E-state index in [0.717, 1.165) is 22.6 Å². The molecule has 0 spiro atoms. The SMILES string of the molecule is COc1ccc(CNc2cc(C)ccc2OC)cc1F. The van der Waals surface area contributed by atoms with Gasteiger partial charge in [-0.3, -0.25) is 0 Å². The Bertz CT molecular complexity index is 599. The van der Waals surface area contributed by atoms with E-state index in [1.165, 1.54) is 13.2 Å². The Kier molecular flexibility index (Phi) is 4.45. The highest BCUT2D eigenvalue weighted by Gasteiger charge is 2.05. The van der Waals surface area contributed by atoms with E-state index in [1.54, 1.807) is 13.2 Å². The van der Waals surface area contributed by atoms with Crippen LogP contribution in [0.3, 0.4) is 0 Å². The summed E-state index contributed by atoms with van der Waals surface area (Å²) < 4.78 is 23.8. The van der Waals surface area contributed by atoms with Crippen molar-refractivity contribution in [3.8, 4) is 11.5 Å². The van der Waals surface area contributed by atoms with Gasteiger partial charge in [-0.25, -0.2) is 4.39 Å². The van der Waals surface area contributed by atoms with Crippen molar-refractivity contribution in [2.45, 2.75) is 13.5 Å². The molecule has 2 aromatic rings. The highest BCUT2D eigenvalue weighted by Crippen LogP contribution is 2.26. The lowest BCUT2D eigenvalue weighted by atomic mass is 10.1.